The molecule has 2 rings (SSSR count). The van der Waals surface area contributed by atoms with Gasteiger partial charge in [-0.05, 0) is 25.3 Å². The first-order valence-electron chi connectivity index (χ1n) is 7.10. The van der Waals surface area contributed by atoms with Gasteiger partial charge in [0.2, 0.25) is 0 Å². The van der Waals surface area contributed by atoms with Gasteiger partial charge in [0.25, 0.3) is 0 Å². The summed E-state index contributed by atoms with van der Waals surface area (Å²) in [5, 5.41) is 19.4. The summed E-state index contributed by atoms with van der Waals surface area (Å²) in [5.74, 6) is -0.0778. The van der Waals surface area contributed by atoms with Crippen molar-refractivity contribution in [2.24, 2.45) is 5.92 Å². The van der Waals surface area contributed by atoms with Crippen molar-refractivity contribution >= 4 is 5.97 Å². The van der Waals surface area contributed by atoms with Crippen LogP contribution >= 0.6 is 0 Å². The topological polar surface area (TPSA) is 80.0 Å². The van der Waals surface area contributed by atoms with Crippen LogP contribution in [0.15, 0.2) is 6.20 Å². The van der Waals surface area contributed by atoms with Crippen LogP contribution in [0.2, 0.25) is 0 Å². The van der Waals surface area contributed by atoms with Gasteiger partial charge in [0.1, 0.15) is 0 Å². The van der Waals surface area contributed by atoms with E-state index >= 15 is 0 Å². The molecular formula is C13H22N4O2. The lowest BCUT2D eigenvalue weighted by atomic mass is 10.0. The molecule has 0 aromatic carbocycles. The molecular weight excluding hydrogens is 244 g/mol. The molecule has 0 bridgehead atoms. The molecule has 6 nitrogen and oxygen atoms in total. The van der Waals surface area contributed by atoms with Crippen LogP contribution in [0.4, 0.5) is 0 Å². The predicted molar refractivity (Wildman–Crippen MR) is 71.0 cm³/mol. The number of nitrogens with zero attached hydrogens (tertiary/aromatic N) is 3. The summed E-state index contributed by atoms with van der Waals surface area (Å²) in [4.78, 5) is 10.6. The first kappa shape index (κ1) is 14.0. The molecule has 1 aliphatic carbocycles. The molecule has 0 saturated heterocycles. The minimum absolute atomic E-state index is 0.00114. The molecule has 1 aromatic rings. The molecule has 2 N–H and O–H groups in total. The number of carbonyl (C=O) groups is 1. The molecule has 0 atom stereocenters. The molecule has 0 spiro atoms. The third-order valence-corrected chi connectivity index (χ3v) is 3.72. The number of nitrogens with one attached hydrogen (secondary N) is 1. The Morgan fingerprint density at radius 1 is 1.42 bits per heavy atom. The second-order valence-electron chi connectivity index (χ2n) is 5.21. The van der Waals surface area contributed by atoms with Gasteiger partial charge in [-0.15, -0.1) is 5.10 Å². The van der Waals surface area contributed by atoms with E-state index in [9.17, 15) is 4.79 Å². The number of aromatic carboxylic acids is 1. The SMILES string of the molecule is O=C(O)c1cn(CCNCCCC2CCCC2)nn1. The van der Waals surface area contributed by atoms with Crippen LogP contribution in [0, 0.1) is 5.92 Å². The summed E-state index contributed by atoms with van der Waals surface area (Å²) >= 11 is 0. The Hall–Kier alpha value is -1.43. The molecule has 0 unspecified atom stereocenters. The Balaban J connectivity index is 1.52. The molecule has 1 aliphatic rings. The fourth-order valence-electron chi connectivity index (χ4n) is 2.64. The Kier molecular flexibility index (Phi) is 5.32. The van der Waals surface area contributed by atoms with Crippen LogP contribution in [0.25, 0.3) is 0 Å². The van der Waals surface area contributed by atoms with Gasteiger partial charge in [-0.1, -0.05) is 30.9 Å². The minimum atomic E-state index is -1.03. The van der Waals surface area contributed by atoms with E-state index in [1.165, 1.54) is 44.7 Å². The van der Waals surface area contributed by atoms with E-state index in [-0.39, 0.29) is 5.69 Å². The molecule has 19 heavy (non-hydrogen) atoms. The summed E-state index contributed by atoms with van der Waals surface area (Å²) < 4.78 is 1.56. The van der Waals surface area contributed by atoms with E-state index in [1.54, 1.807) is 4.68 Å². The first-order valence-corrected chi connectivity index (χ1v) is 7.10. The molecule has 1 saturated carbocycles. The lowest BCUT2D eigenvalue weighted by Gasteiger charge is -2.09. The molecule has 0 radical (unpaired) electrons. The van der Waals surface area contributed by atoms with E-state index in [2.05, 4.69) is 15.6 Å². The summed E-state index contributed by atoms with van der Waals surface area (Å²) in [5.41, 5.74) is 0.00114. The van der Waals surface area contributed by atoms with Crippen molar-refractivity contribution in [3.05, 3.63) is 11.9 Å². The molecule has 1 aromatic heterocycles. The zero-order valence-electron chi connectivity index (χ0n) is 11.2. The number of carboxylic acids is 1. The van der Waals surface area contributed by atoms with Gasteiger partial charge in [0, 0.05) is 6.54 Å². The number of carboxylic acid groups (broad SMARTS) is 1. The molecule has 0 amide bonds. The van der Waals surface area contributed by atoms with Crippen molar-refractivity contribution in [2.75, 3.05) is 13.1 Å². The van der Waals surface area contributed by atoms with Crippen LogP contribution in [0.5, 0.6) is 0 Å². The van der Waals surface area contributed by atoms with E-state index in [0.717, 1.165) is 19.0 Å². The maximum Gasteiger partial charge on any atom is 0.358 e. The fraction of sp³-hybridized carbons (Fsp3) is 0.769. The third kappa shape index (κ3) is 4.63. The lowest BCUT2D eigenvalue weighted by Crippen LogP contribution is -2.21. The van der Waals surface area contributed by atoms with Crippen LogP contribution in [0.1, 0.15) is 49.0 Å². The van der Waals surface area contributed by atoms with Gasteiger partial charge in [0.05, 0.1) is 12.7 Å². The first-order chi connectivity index (χ1) is 9.25. The van der Waals surface area contributed by atoms with Crippen molar-refractivity contribution < 1.29 is 9.90 Å². The average molecular weight is 266 g/mol. The van der Waals surface area contributed by atoms with E-state index in [0.29, 0.717) is 6.54 Å². The Morgan fingerprint density at radius 2 is 2.21 bits per heavy atom. The highest BCUT2D eigenvalue weighted by Crippen LogP contribution is 2.28. The normalized spacial score (nSPS) is 16.0. The minimum Gasteiger partial charge on any atom is -0.476 e. The maximum atomic E-state index is 10.6. The lowest BCUT2D eigenvalue weighted by molar-refractivity contribution is 0.0690. The molecule has 1 heterocycles. The Labute approximate surface area is 113 Å². The smallest absolute Gasteiger partial charge is 0.358 e. The van der Waals surface area contributed by atoms with Crippen molar-refractivity contribution in [2.45, 2.75) is 45.1 Å². The Bertz CT molecular complexity index is 399. The molecule has 6 heteroatoms. The standard InChI is InChI=1S/C13H22N4O2/c18-13(19)12-10-17(16-15-12)9-8-14-7-3-6-11-4-1-2-5-11/h10-11,14H,1-9H2,(H,18,19). The van der Waals surface area contributed by atoms with Gasteiger partial charge >= 0.3 is 5.97 Å². The van der Waals surface area contributed by atoms with E-state index < -0.39 is 5.97 Å². The third-order valence-electron chi connectivity index (χ3n) is 3.72. The van der Waals surface area contributed by atoms with Crippen LogP contribution < -0.4 is 5.32 Å². The highest BCUT2D eigenvalue weighted by atomic mass is 16.4. The van der Waals surface area contributed by atoms with E-state index in [1.807, 2.05) is 0 Å². The Morgan fingerprint density at radius 3 is 2.89 bits per heavy atom. The molecule has 1 fully saturated rings. The molecule has 106 valence electrons. The highest BCUT2D eigenvalue weighted by Gasteiger charge is 2.13. The maximum absolute atomic E-state index is 10.6. The second-order valence-corrected chi connectivity index (χ2v) is 5.21. The van der Waals surface area contributed by atoms with Gasteiger partial charge in [-0.2, -0.15) is 0 Å². The van der Waals surface area contributed by atoms with Crippen LogP contribution in [-0.4, -0.2) is 39.2 Å². The van der Waals surface area contributed by atoms with Gasteiger partial charge in [-0.25, -0.2) is 4.79 Å². The predicted octanol–water partition coefficient (Wildman–Crippen LogP) is 1.54. The van der Waals surface area contributed by atoms with Crippen molar-refractivity contribution in [1.82, 2.24) is 20.3 Å². The highest BCUT2D eigenvalue weighted by molar-refractivity contribution is 5.84. The monoisotopic (exact) mass is 266 g/mol. The zero-order valence-corrected chi connectivity index (χ0v) is 11.2. The van der Waals surface area contributed by atoms with Gasteiger partial charge in [0.15, 0.2) is 5.69 Å². The number of hydrogen-bond acceptors (Lipinski definition) is 4. The fourth-order valence-corrected chi connectivity index (χ4v) is 2.64. The van der Waals surface area contributed by atoms with Crippen molar-refractivity contribution in [3.8, 4) is 0 Å². The largest absolute Gasteiger partial charge is 0.476 e. The summed E-state index contributed by atoms with van der Waals surface area (Å²) in [6.45, 7) is 2.48. The summed E-state index contributed by atoms with van der Waals surface area (Å²) in [7, 11) is 0. The second kappa shape index (κ2) is 7.23. The van der Waals surface area contributed by atoms with Crippen molar-refractivity contribution in [1.29, 1.82) is 0 Å². The summed E-state index contributed by atoms with van der Waals surface area (Å²) in [6, 6.07) is 0. The molecule has 0 aliphatic heterocycles. The van der Waals surface area contributed by atoms with Gasteiger partial charge in [-0.3, -0.25) is 4.68 Å². The number of rotatable bonds is 8. The quantitative estimate of drug-likeness (QED) is 0.698. The zero-order chi connectivity index (χ0) is 13.5. The van der Waals surface area contributed by atoms with Crippen LogP contribution in [-0.2, 0) is 6.54 Å². The van der Waals surface area contributed by atoms with E-state index in [4.69, 9.17) is 5.11 Å². The van der Waals surface area contributed by atoms with Crippen LogP contribution in [0.3, 0.4) is 0 Å². The average Bonchev–Trinajstić information content (AvgIpc) is 3.04. The van der Waals surface area contributed by atoms with Crippen molar-refractivity contribution in [3.63, 3.8) is 0 Å². The number of hydrogen-bond donors (Lipinski definition) is 2. The summed E-state index contributed by atoms with van der Waals surface area (Å²) in [6.07, 6.45) is 9.67. The van der Waals surface area contributed by atoms with Gasteiger partial charge < -0.3 is 10.4 Å². The number of aromatic nitrogens is 3.